The van der Waals surface area contributed by atoms with E-state index < -0.39 is 0 Å². The molecule has 0 saturated heterocycles. The number of benzene rings is 2. The van der Waals surface area contributed by atoms with Gasteiger partial charge in [0.2, 0.25) is 0 Å². The van der Waals surface area contributed by atoms with Crippen LogP contribution in [0.1, 0.15) is 5.56 Å². The van der Waals surface area contributed by atoms with Gasteiger partial charge in [-0.05, 0) is 22.4 Å². The topological polar surface area (TPSA) is 29.5 Å². The molecule has 1 N–H and O–H groups in total. The van der Waals surface area contributed by atoms with Crippen LogP contribution in [0.5, 0.6) is 11.5 Å². The van der Waals surface area contributed by atoms with E-state index in [1.165, 1.54) is 0 Å². The van der Waals surface area contributed by atoms with Crippen molar-refractivity contribution in [3.05, 3.63) is 47.0 Å². The number of ether oxygens (including phenoxy) is 1. The van der Waals surface area contributed by atoms with E-state index in [0.29, 0.717) is 6.42 Å². The normalized spacial score (nSPS) is 10.5. The first-order valence-electron chi connectivity index (χ1n) is 5.27. The zero-order valence-electron chi connectivity index (χ0n) is 9.53. The number of aromatic hydroxyl groups is 1. The molecular weight excluding hydrogens is 280 g/mol. The van der Waals surface area contributed by atoms with Gasteiger partial charge in [0.15, 0.2) is 0 Å². The number of halogens is 1. The van der Waals surface area contributed by atoms with E-state index >= 15 is 0 Å². The van der Waals surface area contributed by atoms with Gasteiger partial charge in [0.1, 0.15) is 11.5 Å². The highest BCUT2D eigenvalue weighted by Crippen LogP contribution is 2.43. The zero-order valence-corrected chi connectivity index (χ0v) is 11.1. The van der Waals surface area contributed by atoms with Gasteiger partial charge < -0.3 is 9.84 Å². The number of hydrogen-bond acceptors (Lipinski definition) is 2. The molecule has 2 aromatic carbocycles. The lowest BCUT2D eigenvalue weighted by molar-refractivity contribution is 0.414. The Hall–Kier alpha value is -1.48. The largest absolute Gasteiger partial charge is 0.507 e. The fourth-order valence-electron chi connectivity index (χ4n) is 1.94. The van der Waals surface area contributed by atoms with Crippen molar-refractivity contribution >= 4 is 26.7 Å². The number of phenols is 1. The van der Waals surface area contributed by atoms with E-state index in [0.717, 1.165) is 26.6 Å². The molecule has 0 heterocycles. The van der Waals surface area contributed by atoms with Gasteiger partial charge in [0, 0.05) is 16.3 Å². The molecule has 0 aliphatic heterocycles. The van der Waals surface area contributed by atoms with E-state index in [4.69, 9.17) is 4.74 Å². The van der Waals surface area contributed by atoms with Gasteiger partial charge in [-0.25, -0.2) is 0 Å². The molecule has 0 fully saturated rings. The quantitative estimate of drug-likeness (QED) is 0.865. The molecule has 0 unspecified atom stereocenters. The van der Waals surface area contributed by atoms with Gasteiger partial charge in [0.05, 0.1) is 11.6 Å². The van der Waals surface area contributed by atoms with E-state index in [-0.39, 0.29) is 5.75 Å². The summed E-state index contributed by atoms with van der Waals surface area (Å²) in [6, 6.07) is 7.62. The number of phenolic OH excluding ortho intramolecular Hbond substituents is 1. The molecule has 0 bridgehead atoms. The van der Waals surface area contributed by atoms with Crippen LogP contribution < -0.4 is 4.74 Å². The van der Waals surface area contributed by atoms with Crippen LogP contribution in [0.3, 0.4) is 0 Å². The van der Waals surface area contributed by atoms with Crippen LogP contribution in [-0.4, -0.2) is 12.2 Å². The van der Waals surface area contributed by atoms with Gasteiger partial charge in [-0.15, -0.1) is 6.58 Å². The van der Waals surface area contributed by atoms with Crippen LogP contribution in [0, 0.1) is 0 Å². The van der Waals surface area contributed by atoms with Crippen LogP contribution in [0.2, 0.25) is 0 Å². The monoisotopic (exact) mass is 292 g/mol. The summed E-state index contributed by atoms with van der Waals surface area (Å²) in [5, 5.41) is 11.9. The standard InChI is InChI=1S/C14H13BrO2/c1-3-6-11-12(15)14(17-2)10-8-5-4-7-9(10)13(11)16/h3-5,7-8,16H,1,6H2,2H3. The predicted octanol–water partition coefficient (Wildman–Crippen LogP) is 4.05. The molecule has 2 nitrogen and oxygen atoms in total. The second kappa shape index (κ2) is 4.80. The molecule has 0 aliphatic carbocycles. The van der Waals surface area contributed by atoms with Crippen LogP contribution in [0.15, 0.2) is 41.4 Å². The molecule has 0 spiro atoms. The maximum absolute atomic E-state index is 10.2. The maximum atomic E-state index is 10.2. The summed E-state index contributed by atoms with van der Waals surface area (Å²) in [5.74, 6) is 1.03. The third-order valence-electron chi connectivity index (χ3n) is 2.73. The van der Waals surface area contributed by atoms with Crippen LogP contribution in [0.25, 0.3) is 10.8 Å². The predicted molar refractivity (Wildman–Crippen MR) is 73.8 cm³/mol. The van der Waals surface area contributed by atoms with Crippen molar-refractivity contribution in [2.75, 3.05) is 7.11 Å². The third kappa shape index (κ3) is 1.91. The number of fused-ring (bicyclic) bond motifs is 1. The second-order valence-electron chi connectivity index (χ2n) is 3.71. The summed E-state index contributed by atoms with van der Waals surface area (Å²) in [6.45, 7) is 3.70. The molecule has 88 valence electrons. The third-order valence-corrected chi connectivity index (χ3v) is 3.57. The highest BCUT2D eigenvalue weighted by atomic mass is 79.9. The molecule has 0 radical (unpaired) electrons. The van der Waals surface area contributed by atoms with Crippen LogP contribution >= 0.6 is 15.9 Å². The van der Waals surface area contributed by atoms with E-state index in [2.05, 4.69) is 22.5 Å². The number of methoxy groups -OCH3 is 1. The highest BCUT2D eigenvalue weighted by molar-refractivity contribution is 9.10. The van der Waals surface area contributed by atoms with E-state index in [1.54, 1.807) is 13.2 Å². The average molecular weight is 293 g/mol. The first kappa shape index (κ1) is 12.0. The Kier molecular flexibility index (Phi) is 3.38. The smallest absolute Gasteiger partial charge is 0.141 e. The summed E-state index contributed by atoms with van der Waals surface area (Å²) in [5.41, 5.74) is 0.801. The Bertz CT molecular complexity index is 576. The Morgan fingerprint density at radius 3 is 2.59 bits per heavy atom. The van der Waals surface area contributed by atoms with Gasteiger partial charge >= 0.3 is 0 Å². The van der Waals surface area contributed by atoms with Crippen molar-refractivity contribution < 1.29 is 9.84 Å². The molecule has 0 amide bonds. The number of hydrogen-bond donors (Lipinski definition) is 1. The first-order chi connectivity index (χ1) is 8.20. The summed E-state index contributed by atoms with van der Waals surface area (Å²) in [6.07, 6.45) is 2.35. The minimum Gasteiger partial charge on any atom is -0.507 e. The Labute approximate surface area is 109 Å². The zero-order chi connectivity index (χ0) is 12.4. The lowest BCUT2D eigenvalue weighted by Gasteiger charge is -2.14. The fourth-order valence-corrected chi connectivity index (χ4v) is 2.66. The van der Waals surface area contributed by atoms with Crippen molar-refractivity contribution in [3.8, 4) is 11.5 Å². The molecule has 0 aromatic heterocycles. The molecule has 0 saturated carbocycles. The summed E-state index contributed by atoms with van der Waals surface area (Å²) >= 11 is 3.48. The average Bonchev–Trinajstić information content (AvgIpc) is 2.35. The second-order valence-corrected chi connectivity index (χ2v) is 4.51. The summed E-state index contributed by atoms with van der Waals surface area (Å²) in [4.78, 5) is 0. The molecule has 2 aromatic rings. The van der Waals surface area contributed by atoms with Gasteiger partial charge in [0.25, 0.3) is 0 Å². The summed E-state index contributed by atoms with van der Waals surface area (Å²) in [7, 11) is 1.63. The lowest BCUT2D eigenvalue weighted by Crippen LogP contribution is -1.93. The first-order valence-corrected chi connectivity index (χ1v) is 6.07. The minimum absolute atomic E-state index is 0.285. The Morgan fingerprint density at radius 2 is 2.00 bits per heavy atom. The van der Waals surface area contributed by atoms with Gasteiger partial charge in [-0.3, -0.25) is 0 Å². The fraction of sp³-hybridized carbons (Fsp3) is 0.143. The summed E-state index contributed by atoms with van der Waals surface area (Å²) < 4.78 is 6.20. The van der Waals surface area contributed by atoms with Gasteiger partial charge in [-0.2, -0.15) is 0 Å². The van der Waals surface area contributed by atoms with Crippen molar-refractivity contribution in [2.45, 2.75) is 6.42 Å². The van der Waals surface area contributed by atoms with E-state index in [1.807, 2.05) is 24.3 Å². The maximum Gasteiger partial charge on any atom is 0.141 e. The molecule has 0 atom stereocenters. The SMILES string of the molecule is C=CCc1c(Br)c(OC)c2ccccc2c1O. The molecule has 0 aliphatic rings. The minimum atomic E-state index is 0.285. The van der Waals surface area contributed by atoms with Crippen LogP contribution in [0.4, 0.5) is 0 Å². The Balaban J connectivity index is 2.88. The van der Waals surface area contributed by atoms with Crippen molar-refractivity contribution in [1.82, 2.24) is 0 Å². The van der Waals surface area contributed by atoms with Gasteiger partial charge in [-0.1, -0.05) is 30.3 Å². The van der Waals surface area contributed by atoms with Crippen molar-refractivity contribution in [3.63, 3.8) is 0 Å². The van der Waals surface area contributed by atoms with Crippen molar-refractivity contribution in [2.24, 2.45) is 0 Å². The molecule has 3 heteroatoms. The van der Waals surface area contributed by atoms with Crippen LogP contribution in [-0.2, 0) is 6.42 Å². The molecular formula is C14H13BrO2. The highest BCUT2D eigenvalue weighted by Gasteiger charge is 2.16. The van der Waals surface area contributed by atoms with E-state index in [9.17, 15) is 5.11 Å². The molecule has 2 rings (SSSR count). The molecule has 17 heavy (non-hydrogen) atoms. The Morgan fingerprint density at radius 1 is 1.35 bits per heavy atom. The number of rotatable bonds is 3. The lowest BCUT2D eigenvalue weighted by atomic mass is 10.0. The number of allylic oxidation sites excluding steroid dienone is 1. The van der Waals surface area contributed by atoms with Crippen molar-refractivity contribution in [1.29, 1.82) is 0 Å².